The van der Waals surface area contributed by atoms with E-state index in [2.05, 4.69) is 39.0 Å². The van der Waals surface area contributed by atoms with Crippen LogP contribution in [0.1, 0.15) is 43.9 Å². The minimum atomic E-state index is 0.132. The first-order valence-corrected chi connectivity index (χ1v) is 6.09. The van der Waals surface area contributed by atoms with Gasteiger partial charge in [0, 0.05) is 18.0 Å². The van der Waals surface area contributed by atoms with Gasteiger partial charge in [-0.1, -0.05) is 31.5 Å². The summed E-state index contributed by atoms with van der Waals surface area (Å²) in [6.07, 6.45) is 2.31. The average molecular weight is 219 g/mol. The third-order valence-corrected chi connectivity index (χ3v) is 3.11. The molecule has 2 rings (SSSR count). The van der Waals surface area contributed by atoms with Crippen LogP contribution in [0.5, 0.6) is 5.75 Å². The molecule has 0 aliphatic carbocycles. The molecule has 0 amide bonds. The number of nitrogens with two attached hydrogens (primary N) is 1. The number of aryl methyl sites for hydroxylation is 1. The van der Waals surface area contributed by atoms with Crippen LogP contribution in [0.25, 0.3) is 0 Å². The SMILES string of the molecule is Cc1ccc2c(c1)[C@@H](N)CC(CC(C)C)O2. The molecule has 0 fully saturated rings. The Bertz CT molecular complexity index is 373. The van der Waals surface area contributed by atoms with E-state index in [-0.39, 0.29) is 12.1 Å². The fourth-order valence-electron chi connectivity index (χ4n) is 2.37. The van der Waals surface area contributed by atoms with Gasteiger partial charge in [-0.15, -0.1) is 0 Å². The first-order valence-electron chi connectivity index (χ1n) is 6.09. The highest BCUT2D eigenvalue weighted by Crippen LogP contribution is 2.35. The Morgan fingerprint density at radius 2 is 2.19 bits per heavy atom. The van der Waals surface area contributed by atoms with E-state index in [1.807, 2.05) is 0 Å². The highest BCUT2D eigenvalue weighted by molar-refractivity contribution is 5.40. The van der Waals surface area contributed by atoms with E-state index in [1.54, 1.807) is 0 Å². The lowest BCUT2D eigenvalue weighted by Gasteiger charge is -2.31. The fourth-order valence-corrected chi connectivity index (χ4v) is 2.37. The largest absolute Gasteiger partial charge is 0.490 e. The van der Waals surface area contributed by atoms with Crippen LogP contribution in [-0.2, 0) is 0 Å². The van der Waals surface area contributed by atoms with Crippen molar-refractivity contribution in [3.8, 4) is 5.75 Å². The lowest BCUT2D eigenvalue weighted by atomic mass is 9.92. The summed E-state index contributed by atoms with van der Waals surface area (Å²) in [7, 11) is 0. The second-order valence-electron chi connectivity index (χ2n) is 5.25. The summed E-state index contributed by atoms with van der Waals surface area (Å²) < 4.78 is 5.99. The molecule has 1 aliphatic rings. The Kier molecular flexibility index (Phi) is 3.20. The van der Waals surface area contributed by atoms with Crippen LogP contribution in [0, 0.1) is 12.8 Å². The number of fused-ring (bicyclic) bond motifs is 1. The lowest BCUT2D eigenvalue weighted by Crippen LogP contribution is -2.30. The molecule has 1 aliphatic heterocycles. The van der Waals surface area contributed by atoms with Gasteiger partial charge in [-0.3, -0.25) is 0 Å². The smallest absolute Gasteiger partial charge is 0.124 e. The number of ether oxygens (including phenoxy) is 1. The van der Waals surface area contributed by atoms with E-state index >= 15 is 0 Å². The third-order valence-electron chi connectivity index (χ3n) is 3.11. The normalized spacial score (nSPS) is 24.1. The van der Waals surface area contributed by atoms with E-state index in [0.29, 0.717) is 5.92 Å². The molecule has 88 valence electrons. The van der Waals surface area contributed by atoms with Crippen molar-refractivity contribution in [3.05, 3.63) is 29.3 Å². The van der Waals surface area contributed by atoms with Crippen LogP contribution in [0.3, 0.4) is 0 Å². The predicted octanol–water partition coefficient (Wildman–Crippen LogP) is 3.19. The van der Waals surface area contributed by atoms with Gasteiger partial charge in [-0.25, -0.2) is 0 Å². The molecule has 1 aromatic rings. The summed E-state index contributed by atoms with van der Waals surface area (Å²) in [6, 6.07) is 6.42. The van der Waals surface area contributed by atoms with E-state index in [0.717, 1.165) is 18.6 Å². The van der Waals surface area contributed by atoms with E-state index < -0.39 is 0 Å². The Morgan fingerprint density at radius 1 is 1.44 bits per heavy atom. The van der Waals surface area contributed by atoms with Gasteiger partial charge in [0.25, 0.3) is 0 Å². The van der Waals surface area contributed by atoms with E-state index in [9.17, 15) is 0 Å². The zero-order valence-corrected chi connectivity index (χ0v) is 10.4. The predicted molar refractivity (Wildman–Crippen MR) is 66.6 cm³/mol. The van der Waals surface area contributed by atoms with Gasteiger partial charge >= 0.3 is 0 Å². The molecule has 0 radical (unpaired) electrons. The second-order valence-corrected chi connectivity index (χ2v) is 5.25. The maximum Gasteiger partial charge on any atom is 0.124 e. The van der Waals surface area contributed by atoms with E-state index in [4.69, 9.17) is 10.5 Å². The van der Waals surface area contributed by atoms with Crippen LogP contribution < -0.4 is 10.5 Å². The Labute approximate surface area is 97.8 Å². The van der Waals surface area contributed by atoms with Gasteiger partial charge < -0.3 is 10.5 Å². The van der Waals surface area contributed by atoms with Gasteiger partial charge in [0.1, 0.15) is 11.9 Å². The summed E-state index contributed by atoms with van der Waals surface area (Å²) >= 11 is 0. The lowest BCUT2D eigenvalue weighted by molar-refractivity contribution is 0.136. The Morgan fingerprint density at radius 3 is 2.88 bits per heavy atom. The fraction of sp³-hybridized carbons (Fsp3) is 0.571. The van der Waals surface area contributed by atoms with Crippen molar-refractivity contribution in [1.29, 1.82) is 0 Å². The van der Waals surface area contributed by atoms with Gasteiger partial charge in [-0.2, -0.15) is 0 Å². The Balaban J connectivity index is 2.20. The molecule has 1 aromatic carbocycles. The van der Waals surface area contributed by atoms with Crippen molar-refractivity contribution in [1.82, 2.24) is 0 Å². The van der Waals surface area contributed by atoms with Crippen LogP contribution >= 0.6 is 0 Å². The third kappa shape index (κ3) is 2.38. The molecule has 16 heavy (non-hydrogen) atoms. The van der Waals surface area contributed by atoms with Crippen molar-refractivity contribution >= 4 is 0 Å². The van der Waals surface area contributed by atoms with Gasteiger partial charge in [-0.05, 0) is 25.3 Å². The molecule has 2 nitrogen and oxygen atoms in total. The highest BCUT2D eigenvalue weighted by atomic mass is 16.5. The molecule has 0 bridgehead atoms. The maximum atomic E-state index is 6.20. The number of rotatable bonds is 2. The molecule has 0 aromatic heterocycles. The van der Waals surface area contributed by atoms with Crippen molar-refractivity contribution in [2.45, 2.75) is 45.8 Å². The molecule has 2 heteroatoms. The maximum absolute atomic E-state index is 6.20. The van der Waals surface area contributed by atoms with E-state index in [1.165, 1.54) is 11.1 Å². The monoisotopic (exact) mass is 219 g/mol. The minimum absolute atomic E-state index is 0.132. The quantitative estimate of drug-likeness (QED) is 0.829. The topological polar surface area (TPSA) is 35.2 Å². The second kappa shape index (κ2) is 4.46. The molecular formula is C14H21NO. The van der Waals surface area contributed by atoms with Gasteiger partial charge in [0.15, 0.2) is 0 Å². The van der Waals surface area contributed by atoms with Crippen LogP contribution in [0.2, 0.25) is 0 Å². The van der Waals surface area contributed by atoms with Gasteiger partial charge in [0.05, 0.1) is 0 Å². The number of hydrogen-bond acceptors (Lipinski definition) is 2. The molecule has 0 saturated heterocycles. The summed E-state index contributed by atoms with van der Waals surface area (Å²) in [6.45, 7) is 6.53. The van der Waals surface area contributed by atoms with Crippen molar-refractivity contribution in [2.75, 3.05) is 0 Å². The minimum Gasteiger partial charge on any atom is -0.490 e. The summed E-state index contributed by atoms with van der Waals surface area (Å²) in [5, 5.41) is 0. The number of hydrogen-bond donors (Lipinski definition) is 1. The van der Waals surface area contributed by atoms with Crippen LogP contribution in [-0.4, -0.2) is 6.10 Å². The zero-order valence-electron chi connectivity index (χ0n) is 10.4. The summed E-state index contributed by atoms with van der Waals surface area (Å²) in [5.41, 5.74) is 8.62. The van der Waals surface area contributed by atoms with Crippen LogP contribution in [0.4, 0.5) is 0 Å². The van der Waals surface area contributed by atoms with Crippen molar-refractivity contribution in [2.24, 2.45) is 11.7 Å². The van der Waals surface area contributed by atoms with Crippen molar-refractivity contribution < 1.29 is 4.74 Å². The molecule has 0 saturated carbocycles. The molecule has 0 spiro atoms. The highest BCUT2D eigenvalue weighted by Gasteiger charge is 2.26. The standard InChI is InChI=1S/C14H21NO/c1-9(2)6-11-8-13(15)12-7-10(3)4-5-14(12)16-11/h4-5,7,9,11,13H,6,8,15H2,1-3H3/t11?,13-/m0/s1. The molecule has 1 unspecified atom stereocenters. The molecule has 2 N–H and O–H groups in total. The summed E-state index contributed by atoms with van der Waals surface area (Å²) in [5.74, 6) is 1.64. The van der Waals surface area contributed by atoms with Crippen molar-refractivity contribution in [3.63, 3.8) is 0 Å². The average Bonchev–Trinajstić information content (AvgIpc) is 2.18. The number of benzene rings is 1. The van der Waals surface area contributed by atoms with Gasteiger partial charge in [0.2, 0.25) is 0 Å². The molecule has 2 atom stereocenters. The van der Waals surface area contributed by atoms with Crippen LogP contribution in [0.15, 0.2) is 18.2 Å². The summed E-state index contributed by atoms with van der Waals surface area (Å²) in [4.78, 5) is 0. The zero-order chi connectivity index (χ0) is 11.7. The Hall–Kier alpha value is -1.02. The first kappa shape index (κ1) is 11.5. The first-order chi connectivity index (χ1) is 7.56. The molecule has 1 heterocycles. The molecular weight excluding hydrogens is 198 g/mol.